The van der Waals surface area contributed by atoms with Gasteiger partial charge in [-0.1, -0.05) is 35.8 Å². The molecule has 2 amide bonds. The van der Waals surface area contributed by atoms with Gasteiger partial charge in [-0.05, 0) is 66.8 Å². The highest BCUT2D eigenvalue weighted by atomic mass is 79.9. The Labute approximate surface area is 173 Å². The number of nitrogens with one attached hydrogen (secondary N) is 2. The van der Waals surface area contributed by atoms with Crippen molar-refractivity contribution >= 4 is 27.7 Å². The normalized spacial score (nSPS) is 10.5. The number of carbonyl (C=O) groups excluding carboxylic acids is 2. The van der Waals surface area contributed by atoms with Crippen LogP contribution in [0.4, 0.5) is 0 Å². The van der Waals surface area contributed by atoms with Crippen LogP contribution in [0, 0.1) is 13.8 Å². The Hall–Kier alpha value is -2.54. The highest BCUT2D eigenvalue weighted by Crippen LogP contribution is 2.29. The third-order valence-corrected chi connectivity index (χ3v) is 4.35. The molecule has 0 aliphatic heterocycles. The molecule has 0 aliphatic rings. The number of ether oxygens (including phenoxy) is 2. The van der Waals surface area contributed by atoms with E-state index in [0.29, 0.717) is 11.5 Å². The number of benzene rings is 2. The van der Waals surface area contributed by atoms with Crippen molar-refractivity contribution in [3.8, 4) is 11.5 Å². The van der Waals surface area contributed by atoms with Crippen LogP contribution in [0.15, 0.2) is 40.9 Å². The smallest absolute Gasteiger partial charge is 0.276 e. The van der Waals surface area contributed by atoms with Gasteiger partial charge in [-0.15, -0.1) is 0 Å². The van der Waals surface area contributed by atoms with Gasteiger partial charge in [0.25, 0.3) is 11.8 Å². The van der Waals surface area contributed by atoms with Crippen molar-refractivity contribution < 1.29 is 19.1 Å². The largest absolute Gasteiger partial charge is 0.484 e. The summed E-state index contributed by atoms with van der Waals surface area (Å²) in [4.78, 5) is 23.8. The van der Waals surface area contributed by atoms with Gasteiger partial charge in [-0.3, -0.25) is 20.4 Å². The molecule has 6 nitrogen and oxygen atoms in total. The molecular weight excluding hydrogens is 424 g/mol. The number of amides is 2. The molecule has 0 saturated heterocycles. The second-order valence-corrected chi connectivity index (χ2v) is 7.75. The van der Waals surface area contributed by atoms with E-state index >= 15 is 0 Å². The van der Waals surface area contributed by atoms with Crippen LogP contribution in [-0.4, -0.2) is 25.0 Å². The molecule has 2 aromatic carbocycles. The Morgan fingerprint density at radius 3 is 2.07 bits per heavy atom. The zero-order valence-corrected chi connectivity index (χ0v) is 18.1. The van der Waals surface area contributed by atoms with Crippen LogP contribution in [0.5, 0.6) is 11.5 Å². The first-order valence-electron chi connectivity index (χ1n) is 8.95. The zero-order chi connectivity index (χ0) is 20.7. The Morgan fingerprint density at radius 2 is 1.50 bits per heavy atom. The average Bonchev–Trinajstić information content (AvgIpc) is 2.62. The highest BCUT2D eigenvalue weighted by molar-refractivity contribution is 9.10. The molecule has 0 radical (unpaired) electrons. The van der Waals surface area contributed by atoms with E-state index in [2.05, 4.69) is 26.8 Å². The minimum atomic E-state index is -0.461. The summed E-state index contributed by atoms with van der Waals surface area (Å²) in [6, 6.07) is 11.3. The van der Waals surface area contributed by atoms with Gasteiger partial charge in [0.2, 0.25) is 0 Å². The van der Waals surface area contributed by atoms with Crippen LogP contribution in [0.3, 0.4) is 0 Å². The fourth-order valence-electron chi connectivity index (χ4n) is 2.62. The molecule has 2 N–H and O–H groups in total. The van der Waals surface area contributed by atoms with Gasteiger partial charge in [-0.2, -0.15) is 0 Å². The first-order valence-corrected chi connectivity index (χ1v) is 9.75. The maximum absolute atomic E-state index is 11.9. The minimum absolute atomic E-state index is 0.200. The van der Waals surface area contributed by atoms with Crippen molar-refractivity contribution in [2.75, 3.05) is 13.2 Å². The van der Waals surface area contributed by atoms with Gasteiger partial charge in [0.15, 0.2) is 13.2 Å². The second-order valence-electron chi connectivity index (χ2n) is 6.83. The van der Waals surface area contributed by atoms with E-state index in [1.165, 1.54) is 0 Å². The van der Waals surface area contributed by atoms with Crippen LogP contribution < -0.4 is 20.3 Å². The van der Waals surface area contributed by atoms with Gasteiger partial charge in [0.05, 0.1) is 0 Å². The summed E-state index contributed by atoms with van der Waals surface area (Å²) >= 11 is 3.43. The first kappa shape index (κ1) is 21.8. The molecule has 150 valence electrons. The van der Waals surface area contributed by atoms with Crippen LogP contribution in [0.2, 0.25) is 0 Å². The third-order valence-electron chi connectivity index (χ3n) is 3.86. The molecule has 28 heavy (non-hydrogen) atoms. The van der Waals surface area contributed by atoms with Gasteiger partial charge in [0.1, 0.15) is 11.5 Å². The van der Waals surface area contributed by atoms with Gasteiger partial charge < -0.3 is 9.47 Å². The number of hydrogen-bond donors (Lipinski definition) is 2. The molecule has 0 fully saturated rings. The maximum Gasteiger partial charge on any atom is 0.276 e. The molecule has 0 atom stereocenters. The van der Waals surface area contributed by atoms with Crippen LogP contribution >= 0.6 is 15.9 Å². The van der Waals surface area contributed by atoms with Gasteiger partial charge in [0, 0.05) is 4.47 Å². The van der Waals surface area contributed by atoms with Crippen LogP contribution in [0.25, 0.3) is 0 Å². The van der Waals surface area contributed by atoms with Crippen LogP contribution in [0.1, 0.15) is 36.5 Å². The average molecular weight is 449 g/mol. The minimum Gasteiger partial charge on any atom is -0.484 e. The summed E-state index contributed by atoms with van der Waals surface area (Å²) in [5, 5.41) is 0. The molecule has 0 aliphatic carbocycles. The molecule has 0 bridgehead atoms. The van der Waals surface area contributed by atoms with Crippen molar-refractivity contribution in [3.63, 3.8) is 0 Å². The summed E-state index contributed by atoms with van der Waals surface area (Å²) in [7, 11) is 0. The molecular formula is C21H25BrN2O4. The molecule has 2 aromatic rings. The van der Waals surface area contributed by atoms with E-state index in [1.807, 2.05) is 64.1 Å². The van der Waals surface area contributed by atoms with Crippen molar-refractivity contribution in [3.05, 3.63) is 57.6 Å². The summed E-state index contributed by atoms with van der Waals surface area (Å²) in [5.41, 5.74) is 7.73. The molecule has 0 saturated carbocycles. The Bertz CT molecular complexity index is 832. The number of hydrogen-bond acceptors (Lipinski definition) is 4. The monoisotopic (exact) mass is 448 g/mol. The first-order chi connectivity index (χ1) is 13.2. The Kier molecular flexibility index (Phi) is 7.87. The zero-order valence-electron chi connectivity index (χ0n) is 16.5. The lowest BCUT2D eigenvalue weighted by Gasteiger charge is -2.14. The topological polar surface area (TPSA) is 76.7 Å². The maximum atomic E-state index is 11.9. The molecule has 0 heterocycles. The standard InChI is InChI=1S/C21H25BrN2O4/c1-13(2)18-10-16(22)5-6-19(18)28-12-21(26)24-23-20(25)11-27-17-8-14(3)7-15(4)9-17/h5-10,13H,11-12H2,1-4H3,(H,23,25)(H,24,26). The lowest BCUT2D eigenvalue weighted by molar-refractivity contribution is -0.131. The van der Waals surface area contributed by atoms with Crippen molar-refractivity contribution in [2.45, 2.75) is 33.6 Å². The van der Waals surface area contributed by atoms with E-state index in [9.17, 15) is 9.59 Å². The summed E-state index contributed by atoms with van der Waals surface area (Å²) in [5.74, 6) is 0.575. The van der Waals surface area contributed by atoms with Crippen LogP contribution in [-0.2, 0) is 9.59 Å². The fraction of sp³-hybridized carbons (Fsp3) is 0.333. The second kappa shape index (κ2) is 10.1. The van der Waals surface area contributed by atoms with E-state index in [1.54, 1.807) is 0 Å². The SMILES string of the molecule is Cc1cc(C)cc(OCC(=O)NNC(=O)COc2ccc(Br)cc2C(C)C)c1. The van der Waals surface area contributed by atoms with Gasteiger partial charge in [-0.25, -0.2) is 0 Å². The summed E-state index contributed by atoms with van der Waals surface area (Å²) in [6.07, 6.45) is 0. The van der Waals surface area contributed by atoms with Crippen molar-refractivity contribution in [1.29, 1.82) is 0 Å². The molecule has 0 aromatic heterocycles. The Morgan fingerprint density at radius 1 is 0.929 bits per heavy atom. The predicted octanol–water partition coefficient (Wildman–Crippen LogP) is 3.79. The fourth-order valence-corrected chi connectivity index (χ4v) is 3.00. The van der Waals surface area contributed by atoms with Crippen molar-refractivity contribution in [2.24, 2.45) is 0 Å². The van der Waals surface area contributed by atoms with E-state index in [-0.39, 0.29) is 19.1 Å². The number of rotatable bonds is 7. The number of aryl methyl sites for hydroxylation is 2. The summed E-state index contributed by atoms with van der Waals surface area (Å²) in [6.45, 7) is 7.59. The van der Waals surface area contributed by atoms with E-state index < -0.39 is 11.8 Å². The van der Waals surface area contributed by atoms with E-state index in [4.69, 9.17) is 9.47 Å². The Balaban J connectivity index is 1.77. The number of halogens is 1. The highest BCUT2D eigenvalue weighted by Gasteiger charge is 2.11. The molecule has 2 rings (SSSR count). The predicted molar refractivity (Wildman–Crippen MR) is 111 cm³/mol. The van der Waals surface area contributed by atoms with Crippen molar-refractivity contribution in [1.82, 2.24) is 10.9 Å². The molecule has 7 heteroatoms. The summed E-state index contributed by atoms with van der Waals surface area (Å²) < 4.78 is 12.0. The quantitative estimate of drug-likeness (QED) is 0.631. The van der Waals surface area contributed by atoms with E-state index in [0.717, 1.165) is 21.2 Å². The lowest BCUT2D eigenvalue weighted by atomic mass is 10.0. The molecule has 0 unspecified atom stereocenters. The molecule has 0 spiro atoms. The lowest BCUT2D eigenvalue weighted by Crippen LogP contribution is -2.45. The number of hydrazine groups is 1. The van der Waals surface area contributed by atoms with Gasteiger partial charge >= 0.3 is 0 Å². The number of carbonyl (C=O) groups is 2. The third kappa shape index (κ3) is 6.88.